The molecule has 0 spiro atoms. The minimum Gasteiger partial charge on any atom is -0.363 e. The van der Waals surface area contributed by atoms with E-state index < -0.39 is 5.82 Å². The molecule has 0 aromatic carbocycles. The standard InChI is InChI=1S/C18H17ClFN7/c19-11-6-13-14(8-23-16(13)22-7-11)17-24-9-15(20)18(26-17)25-12-2-1-4-27(10-12)5-3-21/h6-9,12H,1-2,4-5,10H2,(H,22,23)(H,24,25,26). The number of fused-ring (bicyclic) bond motifs is 1. The van der Waals surface area contributed by atoms with Crippen molar-refractivity contribution >= 4 is 28.5 Å². The number of likely N-dealkylation sites (tertiary alicyclic amines) is 1. The molecule has 1 fully saturated rings. The molecule has 4 heterocycles. The minimum absolute atomic E-state index is 0.0310. The van der Waals surface area contributed by atoms with E-state index in [1.54, 1.807) is 18.5 Å². The van der Waals surface area contributed by atoms with Crippen LogP contribution in [-0.4, -0.2) is 50.5 Å². The summed E-state index contributed by atoms with van der Waals surface area (Å²) in [7, 11) is 0. The predicted octanol–water partition coefficient (Wildman–Crippen LogP) is 3.21. The van der Waals surface area contributed by atoms with E-state index in [-0.39, 0.29) is 11.9 Å². The fourth-order valence-corrected chi connectivity index (χ4v) is 3.53. The lowest BCUT2D eigenvalue weighted by Crippen LogP contribution is -2.42. The highest BCUT2D eigenvalue weighted by molar-refractivity contribution is 6.31. The van der Waals surface area contributed by atoms with Crippen molar-refractivity contribution < 1.29 is 4.39 Å². The Bertz CT molecular complexity index is 1010. The van der Waals surface area contributed by atoms with Crippen molar-refractivity contribution in [3.05, 3.63) is 35.5 Å². The van der Waals surface area contributed by atoms with Crippen LogP contribution in [0.4, 0.5) is 10.2 Å². The molecule has 1 aliphatic rings. The number of hydrogen-bond donors (Lipinski definition) is 2. The number of hydrogen-bond acceptors (Lipinski definition) is 6. The van der Waals surface area contributed by atoms with Gasteiger partial charge < -0.3 is 10.3 Å². The topological polar surface area (TPSA) is 93.5 Å². The van der Waals surface area contributed by atoms with E-state index in [0.717, 1.165) is 31.0 Å². The highest BCUT2D eigenvalue weighted by atomic mass is 35.5. The second-order valence-electron chi connectivity index (χ2n) is 6.52. The van der Waals surface area contributed by atoms with E-state index in [9.17, 15) is 4.39 Å². The van der Waals surface area contributed by atoms with Crippen molar-refractivity contribution in [1.82, 2.24) is 24.8 Å². The molecular formula is C18H17ClFN7. The Morgan fingerprint density at radius 1 is 1.41 bits per heavy atom. The average molecular weight is 386 g/mol. The third kappa shape index (κ3) is 3.70. The molecule has 1 saturated heterocycles. The average Bonchev–Trinajstić information content (AvgIpc) is 3.07. The van der Waals surface area contributed by atoms with Gasteiger partial charge in [-0.3, -0.25) is 4.90 Å². The Hall–Kier alpha value is -2.76. The molecule has 1 atom stereocenters. The van der Waals surface area contributed by atoms with Gasteiger partial charge in [-0.05, 0) is 25.5 Å². The van der Waals surface area contributed by atoms with Crippen molar-refractivity contribution in [2.24, 2.45) is 0 Å². The lowest BCUT2D eigenvalue weighted by molar-refractivity contribution is 0.239. The van der Waals surface area contributed by atoms with Crippen LogP contribution in [0.2, 0.25) is 5.02 Å². The number of nitrogens with zero attached hydrogens (tertiary/aromatic N) is 5. The van der Waals surface area contributed by atoms with E-state index in [1.807, 2.05) is 0 Å². The van der Waals surface area contributed by atoms with Crippen LogP contribution in [0.15, 0.2) is 24.7 Å². The lowest BCUT2D eigenvalue weighted by Gasteiger charge is -2.31. The van der Waals surface area contributed by atoms with Crippen LogP contribution in [0.5, 0.6) is 0 Å². The van der Waals surface area contributed by atoms with Gasteiger partial charge in [0.2, 0.25) is 0 Å². The molecule has 27 heavy (non-hydrogen) atoms. The van der Waals surface area contributed by atoms with Crippen molar-refractivity contribution in [2.45, 2.75) is 18.9 Å². The Morgan fingerprint density at radius 3 is 3.15 bits per heavy atom. The van der Waals surface area contributed by atoms with Crippen LogP contribution in [0.1, 0.15) is 12.8 Å². The predicted molar refractivity (Wildman–Crippen MR) is 101 cm³/mol. The Labute approximate surface area is 160 Å². The van der Waals surface area contributed by atoms with Gasteiger partial charge in [0.15, 0.2) is 17.5 Å². The molecule has 0 saturated carbocycles. The second-order valence-corrected chi connectivity index (χ2v) is 6.96. The van der Waals surface area contributed by atoms with Crippen molar-refractivity contribution in [1.29, 1.82) is 5.26 Å². The van der Waals surface area contributed by atoms with Crippen LogP contribution in [0, 0.1) is 17.1 Å². The van der Waals surface area contributed by atoms with Gasteiger partial charge in [0.1, 0.15) is 5.65 Å². The molecule has 9 heteroatoms. The smallest absolute Gasteiger partial charge is 0.183 e. The summed E-state index contributed by atoms with van der Waals surface area (Å²) in [5, 5.41) is 13.3. The second kappa shape index (κ2) is 7.47. The van der Waals surface area contributed by atoms with Crippen LogP contribution in [-0.2, 0) is 0 Å². The summed E-state index contributed by atoms with van der Waals surface area (Å²) >= 11 is 6.04. The number of rotatable bonds is 4. The minimum atomic E-state index is -0.507. The van der Waals surface area contributed by atoms with Gasteiger partial charge in [-0.25, -0.2) is 19.3 Å². The van der Waals surface area contributed by atoms with Crippen LogP contribution in [0.25, 0.3) is 22.4 Å². The van der Waals surface area contributed by atoms with Gasteiger partial charge in [-0.1, -0.05) is 11.6 Å². The van der Waals surface area contributed by atoms with Crippen molar-refractivity contribution in [3.8, 4) is 17.5 Å². The monoisotopic (exact) mass is 385 g/mol. The number of aromatic nitrogens is 4. The van der Waals surface area contributed by atoms with E-state index in [2.05, 4.69) is 36.2 Å². The van der Waals surface area contributed by atoms with E-state index >= 15 is 0 Å². The molecule has 0 bridgehead atoms. The first-order chi connectivity index (χ1) is 13.1. The molecule has 0 radical (unpaired) electrons. The zero-order valence-electron chi connectivity index (χ0n) is 14.4. The molecule has 2 N–H and O–H groups in total. The molecule has 4 rings (SSSR count). The zero-order chi connectivity index (χ0) is 18.8. The van der Waals surface area contributed by atoms with Gasteiger partial charge in [0.05, 0.1) is 23.8 Å². The van der Waals surface area contributed by atoms with E-state index in [0.29, 0.717) is 35.1 Å². The molecule has 138 valence electrons. The number of nitrogens with one attached hydrogen (secondary N) is 2. The normalized spacial score (nSPS) is 17.7. The molecule has 0 amide bonds. The van der Waals surface area contributed by atoms with Gasteiger partial charge >= 0.3 is 0 Å². The fraction of sp³-hybridized carbons (Fsp3) is 0.333. The van der Waals surface area contributed by atoms with Gasteiger partial charge in [-0.2, -0.15) is 5.26 Å². The summed E-state index contributed by atoms with van der Waals surface area (Å²) in [6.07, 6.45) is 6.30. The zero-order valence-corrected chi connectivity index (χ0v) is 15.2. The summed E-state index contributed by atoms with van der Waals surface area (Å²) in [6, 6.07) is 3.97. The van der Waals surface area contributed by atoms with E-state index in [4.69, 9.17) is 16.9 Å². The first-order valence-corrected chi connectivity index (χ1v) is 9.03. The number of piperidine rings is 1. The first-order valence-electron chi connectivity index (χ1n) is 8.65. The number of aromatic amines is 1. The van der Waals surface area contributed by atoms with Crippen molar-refractivity contribution in [3.63, 3.8) is 0 Å². The highest BCUT2D eigenvalue weighted by Crippen LogP contribution is 2.28. The molecular weight excluding hydrogens is 369 g/mol. The number of anilines is 1. The highest BCUT2D eigenvalue weighted by Gasteiger charge is 2.22. The third-order valence-electron chi connectivity index (χ3n) is 4.62. The maximum Gasteiger partial charge on any atom is 0.183 e. The quantitative estimate of drug-likeness (QED) is 0.670. The largest absolute Gasteiger partial charge is 0.363 e. The number of nitriles is 1. The van der Waals surface area contributed by atoms with Crippen LogP contribution in [0.3, 0.4) is 0 Å². The Kier molecular flexibility index (Phi) is 4.88. The SMILES string of the molecule is N#CCN1CCCC(Nc2nc(-c3c[nH]c4ncc(Cl)cc34)ncc2F)C1. The molecule has 3 aromatic heterocycles. The van der Waals surface area contributed by atoms with Crippen LogP contribution >= 0.6 is 11.6 Å². The number of halogens is 2. The summed E-state index contributed by atoms with van der Waals surface area (Å²) in [4.78, 5) is 17.8. The lowest BCUT2D eigenvalue weighted by atomic mass is 10.1. The number of pyridine rings is 1. The molecule has 1 unspecified atom stereocenters. The summed E-state index contributed by atoms with van der Waals surface area (Å²) in [6.45, 7) is 1.93. The van der Waals surface area contributed by atoms with E-state index in [1.165, 1.54) is 0 Å². The molecule has 3 aromatic rings. The van der Waals surface area contributed by atoms with Crippen molar-refractivity contribution in [2.75, 3.05) is 25.0 Å². The van der Waals surface area contributed by atoms with Gasteiger partial charge in [0, 0.05) is 35.9 Å². The number of H-pyrrole nitrogens is 1. The Balaban J connectivity index is 1.61. The van der Waals surface area contributed by atoms with Gasteiger partial charge in [-0.15, -0.1) is 0 Å². The molecule has 1 aliphatic heterocycles. The maximum absolute atomic E-state index is 14.3. The summed E-state index contributed by atoms with van der Waals surface area (Å²) < 4.78 is 14.3. The van der Waals surface area contributed by atoms with Crippen LogP contribution < -0.4 is 5.32 Å². The summed E-state index contributed by atoms with van der Waals surface area (Å²) in [5.74, 6) is 0.0409. The molecule has 7 nitrogen and oxygen atoms in total. The fourth-order valence-electron chi connectivity index (χ4n) is 3.37. The Morgan fingerprint density at radius 2 is 2.30 bits per heavy atom. The third-order valence-corrected chi connectivity index (χ3v) is 4.83. The first kappa shape index (κ1) is 17.6. The summed E-state index contributed by atoms with van der Waals surface area (Å²) in [5.41, 5.74) is 1.37. The maximum atomic E-state index is 14.3. The van der Waals surface area contributed by atoms with Gasteiger partial charge in [0.25, 0.3) is 0 Å². The molecule has 0 aliphatic carbocycles.